The maximum absolute atomic E-state index is 12.2. The van der Waals surface area contributed by atoms with Gasteiger partial charge in [0.2, 0.25) is 10.0 Å². The zero-order valence-corrected chi connectivity index (χ0v) is 12.9. The van der Waals surface area contributed by atoms with Gasteiger partial charge in [-0.25, -0.2) is 13.1 Å². The third kappa shape index (κ3) is 3.23. The minimum atomic E-state index is -3.42. The summed E-state index contributed by atoms with van der Waals surface area (Å²) in [7, 11) is -3.42. The predicted octanol–water partition coefficient (Wildman–Crippen LogP) is 1.70. The van der Waals surface area contributed by atoms with E-state index in [4.69, 9.17) is 5.73 Å². The van der Waals surface area contributed by atoms with Crippen LogP contribution in [0.2, 0.25) is 0 Å². The normalized spacial score (nSPS) is 24.3. The average Bonchev–Trinajstić information content (AvgIpc) is 2.75. The Labute approximate surface area is 122 Å². The summed E-state index contributed by atoms with van der Waals surface area (Å²) < 4.78 is 28.2. The van der Waals surface area contributed by atoms with Crippen LogP contribution in [0, 0.1) is 9.49 Å². The van der Waals surface area contributed by atoms with Gasteiger partial charge in [0.1, 0.15) is 0 Å². The number of halogens is 1. The van der Waals surface area contributed by atoms with E-state index >= 15 is 0 Å². The molecule has 4 nitrogen and oxygen atoms in total. The molecular formula is C12H17IN2O2S. The molecule has 1 aliphatic carbocycles. The predicted molar refractivity (Wildman–Crippen MR) is 79.7 cm³/mol. The molecule has 0 saturated heterocycles. The smallest absolute Gasteiger partial charge is 0.240 e. The Morgan fingerprint density at radius 1 is 1.39 bits per heavy atom. The summed E-state index contributed by atoms with van der Waals surface area (Å²) in [5.41, 5.74) is 5.67. The van der Waals surface area contributed by atoms with Crippen LogP contribution >= 0.6 is 22.6 Å². The van der Waals surface area contributed by atoms with Crippen molar-refractivity contribution in [3.05, 3.63) is 27.8 Å². The highest BCUT2D eigenvalue weighted by atomic mass is 127. The lowest BCUT2D eigenvalue weighted by atomic mass is 10.1. The van der Waals surface area contributed by atoms with Gasteiger partial charge in [0.25, 0.3) is 0 Å². The van der Waals surface area contributed by atoms with E-state index in [2.05, 4.69) is 27.3 Å². The molecule has 1 aromatic carbocycles. The number of benzene rings is 1. The molecule has 0 aliphatic heterocycles. The van der Waals surface area contributed by atoms with Crippen molar-refractivity contribution in [2.24, 2.45) is 11.7 Å². The first kappa shape index (κ1) is 14.2. The monoisotopic (exact) mass is 380 g/mol. The van der Waals surface area contributed by atoms with Crippen LogP contribution in [0.4, 0.5) is 0 Å². The molecule has 18 heavy (non-hydrogen) atoms. The average molecular weight is 380 g/mol. The van der Waals surface area contributed by atoms with Crippen molar-refractivity contribution in [1.82, 2.24) is 4.72 Å². The van der Waals surface area contributed by atoms with Gasteiger partial charge in [-0.15, -0.1) is 0 Å². The minimum absolute atomic E-state index is 0.0159. The van der Waals surface area contributed by atoms with Crippen LogP contribution in [-0.2, 0) is 10.0 Å². The first-order valence-corrected chi connectivity index (χ1v) is 8.57. The van der Waals surface area contributed by atoms with E-state index in [0.717, 1.165) is 22.8 Å². The summed E-state index contributed by atoms with van der Waals surface area (Å²) in [4.78, 5) is 0.331. The van der Waals surface area contributed by atoms with Crippen LogP contribution in [0.3, 0.4) is 0 Å². The molecule has 0 heterocycles. The summed E-state index contributed by atoms with van der Waals surface area (Å²) in [6.07, 6.45) is 2.93. The standard InChI is InChI=1S/C12H17IN2O2S/c13-10-4-2-5-11(7-10)18(16,17)15-12-6-1-3-9(12)8-14/h2,4-5,7,9,12,15H,1,3,6,8,14H2. The van der Waals surface area contributed by atoms with Crippen LogP contribution in [0.5, 0.6) is 0 Å². The van der Waals surface area contributed by atoms with Crippen LogP contribution in [-0.4, -0.2) is 21.0 Å². The largest absolute Gasteiger partial charge is 0.330 e. The Morgan fingerprint density at radius 2 is 2.17 bits per heavy atom. The topological polar surface area (TPSA) is 72.2 Å². The minimum Gasteiger partial charge on any atom is -0.330 e. The molecule has 0 amide bonds. The molecular weight excluding hydrogens is 363 g/mol. The van der Waals surface area contributed by atoms with Crippen molar-refractivity contribution in [2.45, 2.75) is 30.2 Å². The third-order valence-electron chi connectivity index (χ3n) is 3.37. The SMILES string of the molecule is NCC1CCCC1NS(=O)(=O)c1cccc(I)c1. The highest BCUT2D eigenvalue weighted by Gasteiger charge is 2.30. The van der Waals surface area contributed by atoms with E-state index in [0.29, 0.717) is 11.4 Å². The Bertz CT molecular complexity index is 519. The van der Waals surface area contributed by atoms with Crippen LogP contribution in [0.1, 0.15) is 19.3 Å². The number of sulfonamides is 1. The number of hydrogen-bond donors (Lipinski definition) is 2. The molecule has 3 N–H and O–H groups in total. The summed E-state index contributed by atoms with van der Waals surface area (Å²) in [6.45, 7) is 0.541. The van der Waals surface area contributed by atoms with Crippen molar-refractivity contribution in [2.75, 3.05) is 6.54 Å². The number of nitrogens with two attached hydrogens (primary N) is 1. The van der Waals surface area contributed by atoms with Crippen molar-refractivity contribution < 1.29 is 8.42 Å². The molecule has 2 atom stereocenters. The molecule has 1 aliphatic rings. The van der Waals surface area contributed by atoms with E-state index in [1.54, 1.807) is 18.2 Å². The van der Waals surface area contributed by atoms with Gasteiger partial charge in [0, 0.05) is 9.61 Å². The fraction of sp³-hybridized carbons (Fsp3) is 0.500. The summed E-state index contributed by atoms with van der Waals surface area (Å²) in [5, 5.41) is 0. The van der Waals surface area contributed by atoms with E-state index in [9.17, 15) is 8.42 Å². The molecule has 2 unspecified atom stereocenters. The lowest BCUT2D eigenvalue weighted by molar-refractivity contribution is 0.453. The second-order valence-corrected chi connectivity index (χ2v) is 7.57. The molecule has 1 fully saturated rings. The van der Waals surface area contributed by atoms with Gasteiger partial charge in [-0.05, 0) is 66.1 Å². The fourth-order valence-electron chi connectivity index (χ4n) is 2.38. The highest BCUT2D eigenvalue weighted by molar-refractivity contribution is 14.1. The fourth-order valence-corrected chi connectivity index (χ4v) is 4.51. The molecule has 0 radical (unpaired) electrons. The third-order valence-corrected chi connectivity index (χ3v) is 5.53. The van der Waals surface area contributed by atoms with Gasteiger partial charge in [0.15, 0.2) is 0 Å². The van der Waals surface area contributed by atoms with Crippen molar-refractivity contribution >= 4 is 32.6 Å². The van der Waals surface area contributed by atoms with Gasteiger partial charge in [-0.1, -0.05) is 12.5 Å². The molecule has 100 valence electrons. The zero-order valence-electron chi connectivity index (χ0n) is 9.97. The van der Waals surface area contributed by atoms with Crippen molar-refractivity contribution in [3.63, 3.8) is 0 Å². The maximum atomic E-state index is 12.2. The maximum Gasteiger partial charge on any atom is 0.240 e. The first-order valence-electron chi connectivity index (χ1n) is 6.01. The molecule has 0 aromatic heterocycles. The van der Waals surface area contributed by atoms with Crippen LogP contribution in [0.25, 0.3) is 0 Å². The van der Waals surface area contributed by atoms with Crippen LogP contribution < -0.4 is 10.5 Å². The number of nitrogens with one attached hydrogen (secondary N) is 1. The quantitative estimate of drug-likeness (QED) is 0.782. The molecule has 1 aromatic rings. The second-order valence-electron chi connectivity index (χ2n) is 4.61. The van der Waals surface area contributed by atoms with Crippen LogP contribution in [0.15, 0.2) is 29.2 Å². The second kappa shape index (κ2) is 5.85. The summed E-state index contributed by atoms with van der Waals surface area (Å²) >= 11 is 2.11. The Balaban J connectivity index is 2.17. The van der Waals surface area contributed by atoms with E-state index in [-0.39, 0.29) is 12.0 Å². The van der Waals surface area contributed by atoms with Crippen molar-refractivity contribution in [3.8, 4) is 0 Å². The number of hydrogen-bond acceptors (Lipinski definition) is 3. The van der Waals surface area contributed by atoms with E-state index in [1.807, 2.05) is 6.07 Å². The summed E-state index contributed by atoms with van der Waals surface area (Å²) in [6, 6.07) is 6.91. The lowest BCUT2D eigenvalue weighted by Crippen LogP contribution is -2.39. The van der Waals surface area contributed by atoms with Crippen molar-refractivity contribution in [1.29, 1.82) is 0 Å². The molecule has 1 saturated carbocycles. The van der Waals surface area contributed by atoms with Gasteiger partial charge in [-0.3, -0.25) is 0 Å². The Hall–Kier alpha value is -0.180. The van der Waals surface area contributed by atoms with Gasteiger partial charge in [-0.2, -0.15) is 0 Å². The molecule has 2 rings (SSSR count). The molecule has 0 spiro atoms. The highest BCUT2D eigenvalue weighted by Crippen LogP contribution is 2.26. The summed E-state index contributed by atoms with van der Waals surface area (Å²) in [5.74, 6) is 0.266. The Morgan fingerprint density at radius 3 is 2.83 bits per heavy atom. The molecule has 6 heteroatoms. The van der Waals surface area contributed by atoms with Gasteiger partial charge >= 0.3 is 0 Å². The first-order chi connectivity index (χ1) is 8.53. The van der Waals surface area contributed by atoms with Gasteiger partial charge < -0.3 is 5.73 Å². The van der Waals surface area contributed by atoms with Gasteiger partial charge in [0.05, 0.1) is 4.90 Å². The number of rotatable bonds is 4. The Kier molecular flexibility index (Phi) is 4.63. The zero-order chi connectivity index (χ0) is 13.2. The van der Waals surface area contributed by atoms with E-state index < -0.39 is 10.0 Å². The lowest BCUT2D eigenvalue weighted by Gasteiger charge is -2.19. The van der Waals surface area contributed by atoms with E-state index in [1.165, 1.54) is 0 Å². The molecule has 0 bridgehead atoms.